The average molecular weight is 264 g/mol. The first kappa shape index (κ1) is 15.1. The van der Waals surface area contributed by atoms with Crippen LogP contribution in [0, 0.1) is 17.8 Å². The Morgan fingerprint density at radius 1 is 1.22 bits per heavy atom. The van der Waals surface area contributed by atoms with Gasteiger partial charge in [-0.3, -0.25) is 4.90 Å². The molecule has 98 valence electrons. The van der Waals surface area contributed by atoms with E-state index in [1.807, 2.05) is 24.3 Å². The Hall–Kier alpha value is -0.970. The molecular formula is C16H22ClN. The first-order valence-electron chi connectivity index (χ1n) is 6.59. The maximum absolute atomic E-state index is 5.96. The molecule has 1 rings (SSSR count). The van der Waals surface area contributed by atoms with Gasteiger partial charge >= 0.3 is 0 Å². The third kappa shape index (κ3) is 4.37. The van der Waals surface area contributed by atoms with E-state index in [0.29, 0.717) is 12.0 Å². The van der Waals surface area contributed by atoms with Crippen LogP contribution >= 0.6 is 11.6 Å². The van der Waals surface area contributed by atoms with Crippen molar-refractivity contribution in [2.45, 2.75) is 33.7 Å². The fourth-order valence-electron chi connectivity index (χ4n) is 2.02. The molecule has 0 aromatic heterocycles. The van der Waals surface area contributed by atoms with Crippen LogP contribution in [0.5, 0.6) is 0 Å². The lowest BCUT2D eigenvalue weighted by Gasteiger charge is -2.28. The smallest absolute Gasteiger partial charge is 0.0741 e. The molecule has 0 radical (unpaired) electrons. The highest BCUT2D eigenvalue weighted by atomic mass is 35.5. The molecule has 0 aliphatic rings. The van der Waals surface area contributed by atoms with Crippen LogP contribution in [-0.2, 0) is 0 Å². The van der Waals surface area contributed by atoms with E-state index in [2.05, 4.69) is 44.4 Å². The molecular weight excluding hydrogens is 242 g/mol. The van der Waals surface area contributed by atoms with E-state index in [9.17, 15) is 0 Å². The van der Waals surface area contributed by atoms with Crippen molar-refractivity contribution in [1.82, 2.24) is 4.90 Å². The van der Waals surface area contributed by atoms with Gasteiger partial charge in [0.1, 0.15) is 0 Å². The molecule has 0 spiro atoms. The Morgan fingerprint density at radius 2 is 1.89 bits per heavy atom. The molecule has 0 amide bonds. The number of benzene rings is 1. The Kier molecular flexibility index (Phi) is 6.25. The lowest BCUT2D eigenvalue weighted by molar-refractivity contribution is 0.217. The van der Waals surface area contributed by atoms with Crippen molar-refractivity contribution in [3.8, 4) is 11.8 Å². The zero-order chi connectivity index (χ0) is 13.5. The summed E-state index contributed by atoms with van der Waals surface area (Å²) in [6, 6.07) is 8.02. The monoisotopic (exact) mass is 263 g/mol. The quantitative estimate of drug-likeness (QED) is 0.741. The standard InChI is InChI=1S/C16H22ClN/c1-5-18(6-2)16(13(3)4)11-10-14-8-7-9-15(17)12-14/h7-9,12-13,16H,5-6H2,1-4H3. The van der Waals surface area contributed by atoms with Crippen molar-refractivity contribution in [3.63, 3.8) is 0 Å². The molecule has 0 aliphatic heterocycles. The van der Waals surface area contributed by atoms with Crippen LogP contribution in [0.4, 0.5) is 0 Å². The van der Waals surface area contributed by atoms with Gasteiger partial charge in [0.05, 0.1) is 6.04 Å². The van der Waals surface area contributed by atoms with Gasteiger partial charge < -0.3 is 0 Å². The lowest BCUT2D eigenvalue weighted by atomic mass is 10.0. The normalized spacial score (nSPS) is 12.4. The summed E-state index contributed by atoms with van der Waals surface area (Å²) < 4.78 is 0. The third-order valence-electron chi connectivity index (χ3n) is 3.03. The summed E-state index contributed by atoms with van der Waals surface area (Å²) in [5.41, 5.74) is 0.986. The van der Waals surface area contributed by atoms with Crippen molar-refractivity contribution in [2.24, 2.45) is 5.92 Å². The van der Waals surface area contributed by atoms with E-state index in [0.717, 1.165) is 23.7 Å². The molecule has 18 heavy (non-hydrogen) atoms. The van der Waals surface area contributed by atoms with Crippen LogP contribution in [0.15, 0.2) is 24.3 Å². The van der Waals surface area contributed by atoms with E-state index in [1.54, 1.807) is 0 Å². The fraction of sp³-hybridized carbons (Fsp3) is 0.500. The second-order valence-electron chi connectivity index (χ2n) is 4.69. The molecule has 0 N–H and O–H groups in total. The number of nitrogens with zero attached hydrogens (tertiary/aromatic N) is 1. The van der Waals surface area contributed by atoms with Gasteiger partial charge in [0.25, 0.3) is 0 Å². The molecule has 0 fully saturated rings. The van der Waals surface area contributed by atoms with Gasteiger partial charge in [-0.2, -0.15) is 0 Å². The van der Waals surface area contributed by atoms with Crippen LogP contribution in [-0.4, -0.2) is 24.0 Å². The largest absolute Gasteiger partial charge is 0.290 e. The highest BCUT2D eigenvalue weighted by Crippen LogP contribution is 2.12. The Balaban J connectivity index is 2.91. The summed E-state index contributed by atoms with van der Waals surface area (Å²) in [5, 5.41) is 0.741. The molecule has 1 aromatic carbocycles. The number of rotatable bonds is 4. The summed E-state index contributed by atoms with van der Waals surface area (Å²) in [4.78, 5) is 2.39. The predicted molar refractivity (Wildman–Crippen MR) is 79.9 cm³/mol. The first-order chi connectivity index (χ1) is 8.58. The van der Waals surface area contributed by atoms with Gasteiger partial charge in [0, 0.05) is 10.6 Å². The van der Waals surface area contributed by atoms with Crippen molar-refractivity contribution in [2.75, 3.05) is 13.1 Å². The summed E-state index contributed by atoms with van der Waals surface area (Å²) in [7, 11) is 0. The SMILES string of the molecule is CCN(CC)C(C#Cc1cccc(Cl)c1)C(C)C. The van der Waals surface area contributed by atoms with Gasteiger partial charge in [0.15, 0.2) is 0 Å². The van der Waals surface area contributed by atoms with Crippen LogP contribution in [0.1, 0.15) is 33.3 Å². The number of hydrogen-bond acceptors (Lipinski definition) is 1. The van der Waals surface area contributed by atoms with Gasteiger partial charge in [0.2, 0.25) is 0 Å². The number of halogens is 1. The van der Waals surface area contributed by atoms with Crippen LogP contribution in [0.2, 0.25) is 5.02 Å². The van der Waals surface area contributed by atoms with E-state index in [1.165, 1.54) is 0 Å². The predicted octanol–water partition coefficient (Wildman–Crippen LogP) is 4.06. The molecule has 0 saturated carbocycles. The zero-order valence-electron chi connectivity index (χ0n) is 11.7. The Bertz CT molecular complexity index is 424. The molecule has 1 aromatic rings. The minimum Gasteiger partial charge on any atom is -0.290 e. The highest BCUT2D eigenvalue weighted by Gasteiger charge is 2.16. The summed E-state index contributed by atoms with van der Waals surface area (Å²) >= 11 is 5.96. The van der Waals surface area contributed by atoms with Crippen LogP contribution < -0.4 is 0 Å². The molecule has 0 heterocycles. The van der Waals surface area contributed by atoms with Crippen molar-refractivity contribution in [1.29, 1.82) is 0 Å². The summed E-state index contributed by atoms with van der Waals surface area (Å²) in [5.74, 6) is 7.15. The minimum absolute atomic E-state index is 0.305. The fourth-order valence-corrected chi connectivity index (χ4v) is 2.21. The highest BCUT2D eigenvalue weighted by molar-refractivity contribution is 6.30. The summed E-state index contributed by atoms with van der Waals surface area (Å²) in [6.45, 7) is 10.9. The van der Waals surface area contributed by atoms with E-state index < -0.39 is 0 Å². The molecule has 2 heteroatoms. The van der Waals surface area contributed by atoms with Crippen molar-refractivity contribution in [3.05, 3.63) is 34.9 Å². The average Bonchev–Trinajstić information content (AvgIpc) is 2.34. The molecule has 1 atom stereocenters. The first-order valence-corrected chi connectivity index (χ1v) is 6.97. The molecule has 0 saturated heterocycles. The van der Waals surface area contributed by atoms with Gasteiger partial charge in [-0.05, 0) is 37.2 Å². The second kappa shape index (κ2) is 7.46. The van der Waals surface area contributed by atoms with Crippen molar-refractivity contribution < 1.29 is 0 Å². The molecule has 1 nitrogen and oxygen atoms in total. The third-order valence-corrected chi connectivity index (χ3v) is 3.26. The van der Waals surface area contributed by atoms with Gasteiger partial charge in [-0.1, -0.05) is 57.2 Å². The molecule has 0 aliphatic carbocycles. The Morgan fingerprint density at radius 3 is 2.39 bits per heavy atom. The van der Waals surface area contributed by atoms with Crippen LogP contribution in [0.3, 0.4) is 0 Å². The topological polar surface area (TPSA) is 3.24 Å². The van der Waals surface area contributed by atoms with Gasteiger partial charge in [-0.25, -0.2) is 0 Å². The molecule has 0 bridgehead atoms. The maximum atomic E-state index is 5.96. The minimum atomic E-state index is 0.305. The van der Waals surface area contributed by atoms with Gasteiger partial charge in [-0.15, -0.1) is 0 Å². The van der Waals surface area contributed by atoms with E-state index >= 15 is 0 Å². The second-order valence-corrected chi connectivity index (χ2v) is 5.13. The molecule has 1 unspecified atom stereocenters. The van der Waals surface area contributed by atoms with Crippen LogP contribution in [0.25, 0.3) is 0 Å². The number of hydrogen-bond donors (Lipinski definition) is 0. The van der Waals surface area contributed by atoms with E-state index in [-0.39, 0.29) is 0 Å². The lowest BCUT2D eigenvalue weighted by Crippen LogP contribution is -2.37. The summed E-state index contributed by atoms with van der Waals surface area (Å²) in [6.07, 6.45) is 0. The van der Waals surface area contributed by atoms with Crippen molar-refractivity contribution >= 4 is 11.6 Å². The Labute approximate surface area is 116 Å². The van der Waals surface area contributed by atoms with E-state index in [4.69, 9.17) is 11.6 Å². The zero-order valence-corrected chi connectivity index (χ0v) is 12.5. The maximum Gasteiger partial charge on any atom is 0.0741 e.